The first-order valence-corrected chi connectivity index (χ1v) is 13.4. The molecule has 1 atom stereocenters. The first-order chi connectivity index (χ1) is 16.9. The maximum atomic E-state index is 13.2. The number of benzene rings is 1. The van der Waals surface area contributed by atoms with Crippen molar-refractivity contribution in [3.8, 4) is 0 Å². The molecule has 5 rings (SSSR count). The Labute approximate surface area is 205 Å². The summed E-state index contributed by atoms with van der Waals surface area (Å²) in [6.45, 7) is 2.88. The highest BCUT2D eigenvalue weighted by atomic mass is 32.2. The van der Waals surface area contributed by atoms with Gasteiger partial charge < -0.3 is 19.8 Å². The number of aromatic nitrogens is 2. The summed E-state index contributed by atoms with van der Waals surface area (Å²) in [6, 6.07) is 10.1. The molecule has 2 aliphatic rings. The van der Waals surface area contributed by atoms with Crippen LogP contribution < -0.4 is 10.6 Å². The van der Waals surface area contributed by atoms with E-state index in [0.717, 1.165) is 43.6 Å². The van der Waals surface area contributed by atoms with Crippen LogP contribution in [0.15, 0.2) is 59.9 Å². The molecule has 0 radical (unpaired) electrons. The minimum absolute atomic E-state index is 0.183. The van der Waals surface area contributed by atoms with Crippen LogP contribution in [0, 0.1) is 5.41 Å². The molecule has 1 amide bonds. The minimum atomic E-state index is -3.69. The summed E-state index contributed by atoms with van der Waals surface area (Å²) >= 11 is 0. The van der Waals surface area contributed by atoms with Gasteiger partial charge in [0, 0.05) is 32.2 Å². The van der Waals surface area contributed by atoms with Crippen LogP contribution in [-0.4, -0.2) is 61.0 Å². The second-order valence-corrected chi connectivity index (χ2v) is 11.5. The lowest BCUT2D eigenvalue weighted by atomic mass is 9.74. The van der Waals surface area contributed by atoms with Gasteiger partial charge in [-0.1, -0.05) is 12.1 Å². The van der Waals surface area contributed by atoms with Crippen molar-refractivity contribution in [1.82, 2.24) is 24.3 Å². The lowest BCUT2D eigenvalue weighted by Gasteiger charge is -2.44. The fraction of sp³-hybridized carbons (Fsp3) is 0.440. The second-order valence-electron chi connectivity index (χ2n) is 9.51. The maximum absolute atomic E-state index is 13.2. The summed E-state index contributed by atoms with van der Waals surface area (Å²) in [6.07, 6.45) is 8.56. The lowest BCUT2D eigenvalue weighted by Crippen LogP contribution is -2.48. The Morgan fingerprint density at radius 2 is 1.97 bits per heavy atom. The van der Waals surface area contributed by atoms with Gasteiger partial charge in [0.15, 0.2) is 0 Å². The molecule has 4 heterocycles. The molecular weight excluding hydrogens is 466 g/mol. The monoisotopic (exact) mass is 497 g/mol. The van der Waals surface area contributed by atoms with E-state index in [1.54, 1.807) is 66.4 Å². The number of hydrogen-bond donors (Lipinski definition) is 2. The van der Waals surface area contributed by atoms with E-state index in [9.17, 15) is 13.2 Å². The first kappa shape index (κ1) is 23.9. The summed E-state index contributed by atoms with van der Waals surface area (Å²) in [7, 11) is -2.10. The normalized spacial score (nSPS) is 20.3. The van der Waals surface area contributed by atoms with Crippen molar-refractivity contribution < 1.29 is 17.9 Å². The number of pyridine rings is 1. The Morgan fingerprint density at radius 1 is 1.20 bits per heavy atom. The highest BCUT2D eigenvalue weighted by molar-refractivity contribution is 7.89. The van der Waals surface area contributed by atoms with Crippen LogP contribution in [0.25, 0.3) is 5.65 Å². The number of sulfonamides is 1. The fourth-order valence-corrected chi connectivity index (χ4v) is 6.22. The van der Waals surface area contributed by atoms with Crippen molar-refractivity contribution in [2.45, 2.75) is 43.4 Å². The SMILES string of the molecule is CN(C1CCC2(CCNCC2)CO1)S(=O)(=O)c1ccc(CNC(=O)c2ccc3nccn3c2)cc1. The number of nitrogens with zero attached hydrogens (tertiary/aromatic N) is 3. The number of carbonyl (C=O) groups is 1. The van der Waals surface area contributed by atoms with Crippen LogP contribution >= 0.6 is 0 Å². The van der Waals surface area contributed by atoms with Crippen LogP contribution in [0.3, 0.4) is 0 Å². The molecule has 0 aliphatic carbocycles. The first-order valence-electron chi connectivity index (χ1n) is 12.0. The zero-order valence-electron chi connectivity index (χ0n) is 19.8. The number of fused-ring (bicyclic) bond motifs is 1. The summed E-state index contributed by atoms with van der Waals surface area (Å²) in [4.78, 5) is 16.9. The van der Waals surface area contributed by atoms with Crippen LogP contribution in [0.2, 0.25) is 0 Å². The molecule has 2 saturated heterocycles. The number of amides is 1. The molecule has 9 nitrogen and oxygen atoms in total. The molecule has 0 bridgehead atoms. The van der Waals surface area contributed by atoms with E-state index < -0.39 is 16.3 Å². The molecule has 1 aromatic carbocycles. The summed E-state index contributed by atoms with van der Waals surface area (Å²) < 4.78 is 35.6. The van der Waals surface area contributed by atoms with Gasteiger partial charge in [-0.15, -0.1) is 0 Å². The van der Waals surface area contributed by atoms with Crippen molar-refractivity contribution in [2.75, 3.05) is 26.7 Å². The van der Waals surface area contributed by atoms with Gasteiger partial charge in [0.1, 0.15) is 11.9 Å². The lowest BCUT2D eigenvalue weighted by molar-refractivity contribution is -0.111. The van der Waals surface area contributed by atoms with Crippen molar-refractivity contribution in [3.05, 3.63) is 66.1 Å². The van der Waals surface area contributed by atoms with E-state index in [1.165, 1.54) is 4.31 Å². The molecule has 35 heavy (non-hydrogen) atoms. The van der Waals surface area contributed by atoms with E-state index in [-0.39, 0.29) is 16.2 Å². The molecule has 3 aromatic rings. The highest BCUT2D eigenvalue weighted by Crippen LogP contribution is 2.40. The van der Waals surface area contributed by atoms with Gasteiger partial charge in [-0.25, -0.2) is 13.4 Å². The molecule has 2 aromatic heterocycles. The zero-order chi connectivity index (χ0) is 24.5. The van der Waals surface area contributed by atoms with Crippen molar-refractivity contribution >= 4 is 21.6 Å². The predicted molar refractivity (Wildman–Crippen MR) is 131 cm³/mol. The Balaban J connectivity index is 1.18. The molecule has 1 spiro atoms. The van der Waals surface area contributed by atoms with Gasteiger partial charge in [-0.05, 0) is 74.0 Å². The molecular formula is C25H31N5O4S. The average molecular weight is 498 g/mol. The molecule has 0 saturated carbocycles. The number of rotatable bonds is 6. The fourth-order valence-electron chi connectivity index (χ4n) is 4.94. The van der Waals surface area contributed by atoms with Gasteiger partial charge in [-0.3, -0.25) is 4.79 Å². The third-order valence-electron chi connectivity index (χ3n) is 7.28. The van der Waals surface area contributed by atoms with Crippen LogP contribution in [0.5, 0.6) is 0 Å². The van der Waals surface area contributed by atoms with Crippen molar-refractivity contribution in [1.29, 1.82) is 0 Å². The predicted octanol–water partition coefficient (Wildman–Crippen LogP) is 2.39. The molecule has 1 unspecified atom stereocenters. The smallest absolute Gasteiger partial charge is 0.253 e. The van der Waals surface area contributed by atoms with Gasteiger partial charge in [0.2, 0.25) is 10.0 Å². The van der Waals surface area contributed by atoms with E-state index in [1.807, 2.05) is 0 Å². The van der Waals surface area contributed by atoms with Crippen molar-refractivity contribution in [3.63, 3.8) is 0 Å². The Kier molecular flexibility index (Phi) is 6.63. The molecule has 2 N–H and O–H groups in total. The minimum Gasteiger partial charge on any atom is -0.362 e. The van der Waals surface area contributed by atoms with E-state index in [0.29, 0.717) is 25.1 Å². The number of nitrogens with one attached hydrogen (secondary N) is 2. The topological polar surface area (TPSA) is 105 Å². The quantitative estimate of drug-likeness (QED) is 0.542. The standard InChI is InChI=1S/C25H31N5O4S/c1-29(23-8-9-25(18-34-23)10-12-26-13-11-25)35(32,33)21-5-2-19(3-6-21)16-28-24(31)20-4-7-22-27-14-15-30(22)17-20/h2-7,14-15,17,23,26H,8-13,16,18H2,1H3,(H,28,31). The number of carbonyl (C=O) groups excluding carboxylic acids is 1. The summed E-state index contributed by atoms with van der Waals surface area (Å²) in [5, 5.41) is 6.26. The molecule has 2 aliphatic heterocycles. The second kappa shape index (κ2) is 9.69. The zero-order valence-corrected chi connectivity index (χ0v) is 20.6. The number of hydrogen-bond acceptors (Lipinski definition) is 6. The number of ether oxygens (including phenoxy) is 1. The van der Waals surface area contributed by atoms with Gasteiger partial charge in [0.25, 0.3) is 5.91 Å². The van der Waals surface area contributed by atoms with Gasteiger partial charge in [-0.2, -0.15) is 4.31 Å². The third kappa shape index (κ3) is 4.97. The van der Waals surface area contributed by atoms with Crippen molar-refractivity contribution in [2.24, 2.45) is 5.41 Å². The highest BCUT2D eigenvalue weighted by Gasteiger charge is 2.40. The van der Waals surface area contributed by atoms with Crippen LogP contribution in [0.1, 0.15) is 41.6 Å². The van der Waals surface area contributed by atoms with E-state index in [4.69, 9.17) is 4.74 Å². The summed E-state index contributed by atoms with van der Waals surface area (Å²) in [5.74, 6) is -0.210. The molecule has 2 fully saturated rings. The van der Waals surface area contributed by atoms with Crippen LogP contribution in [0.4, 0.5) is 0 Å². The number of piperidine rings is 1. The van der Waals surface area contributed by atoms with Gasteiger partial charge >= 0.3 is 0 Å². The van der Waals surface area contributed by atoms with E-state index >= 15 is 0 Å². The largest absolute Gasteiger partial charge is 0.362 e. The Hall–Kier alpha value is -2.79. The third-order valence-corrected chi connectivity index (χ3v) is 9.14. The Bertz CT molecular complexity index is 1290. The molecule has 10 heteroatoms. The Morgan fingerprint density at radius 3 is 2.69 bits per heavy atom. The average Bonchev–Trinajstić information content (AvgIpc) is 3.36. The van der Waals surface area contributed by atoms with E-state index in [2.05, 4.69) is 15.6 Å². The molecule has 186 valence electrons. The van der Waals surface area contributed by atoms with Crippen LogP contribution in [-0.2, 0) is 21.3 Å². The van der Waals surface area contributed by atoms with Gasteiger partial charge in [0.05, 0.1) is 17.1 Å². The summed E-state index contributed by atoms with van der Waals surface area (Å²) in [5.41, 5.74) is 2.29. The number of imidazole rings is 1. The maximum Gasteiger partial charge on any atom is 0.253 e.